The van der Waals surface area contributed by atoms with Crippen LogP contribution in [0.2, 0.25) is 0 Å². The van der Waals surface area contributed by atoms with Gasteiger partial charge in [0.05, 0.1) is 6.04 Å². The molecule has 2 aromatic rings. The molecule has 0 saturated heterocycles. The van der Waals surface area contributed by atoms with Crippen molar-refractivity contribution in [3.05, 3.63) is 77.5 Å². The zero-order valence-electron chi connectivity index (χ0n) is 11.6. The molecule has 102 valence electrons. The average molecular weight is 264 g/mol. The maximum Gasteiger partial charge on any atom is 0.0552 e. The molecule has 20 heavy (non-hydrogen) atoms. The minimum Gasteiger partial charge on any atom is -0.366 e. The van der Waals surface area contributed by atoms with Crippen LogP contribution in [0.5, 0.6) is 0 Å². The Morgan fingerprint density at radius 1 is 1.00 bits per heavy atom. The molecule has 2 nitrogen and oxygen atoms in total. The first-order valence-corrected chi connectivity index (χ1v) is 7.15. The molecule has 2 N–H and O–H groups in total. The van der Waals surface area contributed by atoms with Gasteiger partial charge in [-0.25, -0.2) is 0 Å². The van der Waals surface area contributed by atoms with E-state index in [4.69, 9.17) is 5.73 Å². The topological polar surface area (TPSA) is 29.3 Å². The lowest BCUT2D eigenvalue weighted by Crippen LogP contribution is -2.27. The first-order valence-electron chi connectivity index (χ1n) is 7.15. The predicted molar refractivity (Wildman–Crippen MR) is 83.9 cm³/mol. The zero-order chi connectivity index (χ0) is 13.8. The van der Waals surface area contributed by atoms with Crippen LogP contribution in [0.25, 0.3) is 6.08 Å². The molecule has 0 spiro atoms. The molecule has 0 bridgehead atoms. The van der Waals surface area contributed by atoms with Crippen molar-refractivity contribution in [2.75, 3.05) is 6.54 Å². The fourth-order valence-electron chi connectivity index (χ4n) is 2.84. The molecular weight excluding hydrogens is 244 g/mol. The molecule has 1 aliphatic heterocycles. The quantitative estimate of drug-likeness (QED) is 0.915. The van der Waals surface area contributed by atoms with Gasteiger partial charge in [-0.2, -0.15) is 0 Å². The van der Waals surface area contributed by atoms with E-state index in [1.165, 1.54) is 16.7 Å². The maximum absolute atomic E-state index is 5.82. The number of hydrogen-bond donors (Lipinski definition) is 1. The molecule has 1 aliphatic rings. The Kier molecular flexibility index (Phi) is 3.84. The molecule has 3 rings (SSSR count). The minimum absolute atomic E-state index is 0.353. The van der Waals surface area contributed by atoms with E-state index in [-0.39, 0.29) is 0 Å². The highest BCUT2D eigenvalue weighted by molar-refractivity contribution is 5.55. The Morgan fingerprint density at radius 2 is 1.75 bits per heavy atom. The van der Waals surface area contributed by atoms with Crippen LogP contribution in [-0.4, -0.2) is 11.4 Å². The van der Waals surface area contributed by atoms with E-state index in [9.17, 15) is 0 Å². The Morgan fingerprint density at radius 3 is 2.55 bits per heavy atom. The summed E-state index contributed by atoms with van der Waals surface area (Å²) in [6, 6.07) is 19.6. The molecular formula is C18H20N2. The molecule has 0 saturated carbocycles. The van der Waals surface area contributed by atoms with Crippen molar-refractivity contribution in [1.29, 1.82) is 0 Å². The number of nitrogens with two attached hydrogens (primary N) is 1. The van der Waals surface area contributed by atoms with Crippen LogP contribution in [0.4, 0.5) is 0 Å². The summed E-state index contributed by atoms with van der Waals surface area (Å²) in [5.41, 5.74) is 9.86. The molecule has 0 radical (unpaired) electrons. The van der Waals surface area contributed by atoms with Crippen molar-refractivity contribution in [3.8, 4) is 0 Å². The van der Waals surface area contributed by atoms with Crippen LogP contribution < -0.4 is 5.73 Å². The summed E-state index contributed by atoms with van der Waals surface area (Å²) in [6.07, 6.45) is 5.37. The molecule has 2 heteroatoms. The van der Waals surface area contributed by atoms with Gasteiger partial charge in [-0.05, 0) is 35.7 Å². The van der Waals surface area contributed by atoms with E-state index < -0.39 is 0 Å². The summed E-state index contributed by atoms with van der Waals surface area (Å²) in [4.78, 5) is 2.39. The number of fused-ring (bicyclic) bond motifs is 1. The number of nitrogens with zero attached hydrogens (tertiary/aromatic N) is 1. The standard InChI is InChI=1S/C18H20N2/c19-12-10-18(16-7-2-1-3-8-16)20-13-11-15-6-4-5-9-17(15)14-20/h1-9,11,13,18H,10,12,14,19H2. The van der Waals surface area contributed by atoms with Crippen molar-refractivity contribution >= 4 is 6.08 Å². The van der Waals surface area contributed by atoms with Crippen LogP contribution in [0.1, 0.15) is 29.2 Å². The number of hydrogen-bond acceptors (Lipinski definition) is 2. The van der Waals surface area contributed by atoms with E-state index in [2.05, 4.69) is 71.8 Å². The van der Waals surface area contributed by atoms with Crippen LogP contribution in [-0.2, 0) is 6.54 Å². The van der Waals surface area contributed by atoms with Crippen LogP contribution in [0, 0.1) is 0 Å². The maximum atomic E-state index is 5.82. The third-order valence-corrected chi connectivity index (χ3v) is 3.88. The average Bonchev–Trinajstić information content (AvgIpc) is 2.53. The van der Waals surface area contributed by atoms with E-state index in [1.807, 2.05) is 0 Å². The summed E-state index contributed by atoms with van der Waals surface area (Å²) in [7, 11) is 0. The molecule has 0 fully saturated rings. The van der Waals surface area contributed by atoms with Crippen LogP contribution >= 0.6 is 0 Å². The second-order valence-corrected chi connectivity index (χ2v) is 5.19. The van der Waals surface area contributed by atoms with E-state index >= 15 is 0 Å². The SMILES string of the molecule is NCCC(c1ccccc1)N1C=Cc2ccccc2C1. The normalized spacial score (nSPS) is 14.9. The molecule has 2 aromatic carbocycles. The predicted octanol–water partition coefficient (Wildman–Crippen LogP) is 3.56. The van der Waals surface area contributed by atoms with Gasteiger partial charge in [-0.3, -0.25) is 0 Å². The first-order chi connectivity index (χ1) is 9.88. The second kappa shape index (κ2) is 5.93. The number of rotatable bonds is 4. The van der Waals surface area contributed by atoms with Gasteiger partial charge in [-0.15, -0.1) is 0 Å². The van der Waals surface area contributed by atoms with E-state index in [0.29, 0.717) is 12.6 Å². The summed E-state index contributed by atoms with van der Waals surface area (Å²) < 4.78 is 0. The van der Waals surface area contributed by atoms with Gasteiger partial charge in [0.15, 0.2) is 0 Å². The van der Waals surface area contributed by atoms with Crippen molar-refractivity contribution < 1.29 is 0 Å². The lowest BCUT2D eigenvalue weighted by Gasteiger charge is -2.33. The first kappa shape index (κ1) is 12.9. The smallest absolute Gasteiger partial charge is 0.0552 e. The third kappa shape index (κ3) is 2.61. The van der Waals surface area contributed by atoms with Crippen LogP contribution in [0.15, 0.2) is 60.8 Å². The summed E-state index contributed by atoms with van der Waals surface area (Å²) in [6.45, 7) is 1.65. The Balaban J connectivity index is 1.87. The third-order valence-electron chi connectivity index (χ3n) is 3.88. The van der Waals surface area contributed by atoms with Gasteiger partial charge in [0.2, 0.25) is 0 Å². The van der Waals surface area contributed by atoms with E-state index in [0.717, 1.165) is 13.0 Å². The van der Waals surface area contributed by atoms with Gasteiger partial charge >= 0.3 is 0 Å². The fourth-order valence-corrected chi connectivity index (χ4v) is 2.84. The highest BCUT2D eigenvalue weighted by atomic mass is 15.1. The van der Waals surface area contributed by atoms with Gasteiger partial charge in [0, 0.05) is 12.7 Å². The molecule has 0 aliphatic carbocycles. The van der Waals surface area contributed by atoms with Crippen molar-refractivity contribution in [3.63, 3.8) is 0 Å². The second-order valence-electron chi connectivity index (χ2n) is 5.19. The lowest BCUT2D eigenvalue weighted by molar-refractivity contribution is 0.259. The summed E-state index contributed by atoms with van der Waals surface area (Å²) >= 11 is 0. The molecule has 1 atom stereocenters. The van der Waals surface area contributed by atoms with Gasteiger partial charge in [0.25, 0.3) is 0 Å². The van der Waals surface area contributed by atoms with Gasteiger partial charge in [-0.1, -0.05) is 54.6 Å². The number of benzene rings is 2. The largest absolute Gasteiger partial charge is 0.366 e. The molecule has 1 heterocycles. The Labute approximate surface area is 120 Å². The lowest BCUT2D eigenvalue weighted by atomic mass is 9.98. The fraction of sp³-hybridized carbons (Fsp3) is 0.222. The minimum atomic E-state index is 0.353. The monoisotopic (exact) mass is 264 g/mol. The van der Waals surface area contributed by atoms with Crippen molar-refractivity contribution in [2.24, 2.45) is 5.73 Å². The molecule has 1 unspecified atom stereocenters. The van der Waals surface area contributed by atoms with E-state index in [1.54, 1.807) is 0 Å². The van der Waals surface area contributed by atoms with Crippen molar-refractivity contribution in [2.45, 2.75) is 19.0 Å². The van der Waals surface area contributed by atoms with Crippen molar-refractivity contribution in [1.82, 2.24) is 4.90 Å². The highest BCUT2D eigenvalue weighted by Crippen LogP contribution is 2.30. The zero-order valence-corrected chi connectivity index (χ0v) is 11.6. The Bertz CT molecular complexity index is 589. The summed E-state index contributed by atoms with van der Waals surface area (Å²) in [5.74, 6) is 0. The van der Waals surface area contributed by atoms with Crippen LogP contribution in [0.3, 0.4) is 0 Å². The highest BCUT2D eigenvalue weighted by Gasteiger charge is 2.20. The Hall–Kier alpha value is -2.06. The molecule has 0 amide bonds. The summed E-state index contributed by atoms with van der Waals surface area (Å²) in [5, 5.41) is 0. The van der Waals surface area contributed by atoms with Gasteiger partial charge < -0.3 is 10.6 Å². The molecule has 0 aromatic heterocycles. The van der Waals surface area contributed by atoms with Gasteiger partial charge in [0.1, 0.15) is 0 Å².